The van der Waals surface area contributed by atoms with Gasteiger partial charge < -0.3 is 30.2 Å². The Hall–Kier alpha value is -1.91. The number of hydrogen-bond donors (Lipinski definition) is 3. The maximum absolute atomic E-state index is 11.5. The number of ether oxygens (including phenoxy) is 3. The van der Waals surface area contributed by atoms with E-state index in [4.69, 9.17) is 14.2 Å². The second-order valence-electron chi connectivity index (χ2n) is 6.47. The first-order valence-corrected chi connectivity index (χ1v) is 8.17. The summed E-state index contributed by atoms with van der Waals surface area (Å²) in [7, 11) is 1.69. The average molecular weight is 478 g/mol. The van der Waals surface area contributed by atoms with Crippen molar-refractivity contribution in [3.05, 3.63) is 23.8 Å². The molecule has 3 N–H and O–H groups in total. The minimum atomic E-state index is -0.500. The van der Waals surface area contributed by atoms with Crippen LogP contribution in [-0.4, -0.2) is 44.6 Å². The lowest BCUT2D eigenvalue weighted by molar-refractivity contribution is 0.0529. The fourth-order valence-electron chi connectivity index (χ4n) is 2.12. The van der Waals surface area contributed by atoms with Crippen LogP contribution >= 0.6 is 24.0 Å². The van der Waals surface area contributed by atoms with Crippen LogP contribution in [0.4, 0.5) is 4.79 Å². The van der Waals surface area contributed by atoms with Crippen LogP contribution in [0.5, 0.6) is 11.5 Å². The van der Waals surface area contributed by atoms with Gasteiger partial charge in [-0.2, -0.15) is 0 Å². The molecule has 0 saturated carbocycles. The second-order valence-corrected chi connectivity index (χ2v) is 6.47. The van der Waals surface area contributed by atoms with Crippen molar-refractivity contribution in [1.29, 1.82) is 0 Å². The van der Waals surface area contributed by atoms with E-state index in [1.807, 2.05) is 39.0 Å². The summed E-state index contributed by atoms with van der Waals surface area (Å²) < 4.78 is 15.8. The van der Waals surface area contributed by atoms with Crippen molar-refractivity contribution in [2.45, 2.75) is 32.9 Å². The van der Waals surface area contributed by atoms with Crippen molar-refractivity contribution in [2.24, 2.45) is 4.99 Å². The lowest BCUT2D eigenvalue weighted by Crippen LogP contribution is -2.42. The molecule has 0 radical (unpaired) electrons. The predicted octanol–water partition coefficient (Wildman–Crippen LogP) is 2.22. The Labute approximate surface area is 171 Å². The fraction of sp³-hybridized carbons (Fsp3) is 0.529. The van der Waals surface area contributed by atoms with Crippen molar-refractivity contribution < 1.29 is 19.0 Å². The number of hydrogen-bond acceptors (Lipinski definition) is 5. The maximum atomic E-state index is 11.5. The molecule has 1 amide bonds. The number of halogens is 1. The highest BCUT2D eigenvalue weighted by Crippen LogP contribution is 2.32. The molecule has 2 rings (SSSR count). The van der Waals surface area contributed by atoms with E-state index in [2.05, 4.69) is 20.9 Å². The molecule has 0 fully saturated rings. The number of guanidine groups is 1. The quantitative estimate of drug-likeness (QED) is 0.260. The third-order valence-electron chi connectivity index (χ3n) is 3.21. The first kappa shape index (κ1) is 22.1. The third kappa shape index (κ3) is 7.54. The minimum Gasteiger partial charge on any atom is -0.454 e. The number of fused-ring (bicyclic) bond motifs is 1. The van der Waals surface area contributed by atoms with E-state index >= 15 is 0 Å². The van der Waals surface area contributed by atoms with E-state index in [0.717, 1.165) is 17.1 Å². The van der Waals surface area contributed by atoms with Gasteiger partial charge in [-0.05, 0) is 38.5 Å². The number of aliphatic imine (C=N–C) groups is 1. The molecule has 146 valence electrons. The van der Waals surface area contributed by atoms with E-state index < -0.39 is 11.7 Å². The van der Waals surface area contributed by atoms with Crippen molar-refractivity contribution >= 4 is 36.0 Å². The van der Waals surface area contributed by atoms with Gasteiger partial charge in [-0.15, -0.1) is 24.0 Å². The van der Waals surface area contributed by atoms with Gasteiger partial charge in [0.25, 0.3) is 0 Å². The molecular weight excluding hydrogens is 451 g/mol. The molecule has 0 spiro atoms. The van der Waals surface area contributed by atoms with Crippen LogP contribution in [0.3, 0.4) is 0 Å². The number of nitrogens with zero attached hydrogens (tertiary/aromatic N) is 1. The number of amides is 1. The molecule has 1 aromatic rings. The van der Waals surface area contributed by atoms with Crippen LogP contribution in [0.2, 0.25) is 0 Å². The molecule has 0 saturated heterocycles. The zero-order valence-electron chi connectivity index (χ0n) is 15.5. The van der Waals surface area contributed by atoms with Crippen LogP contribution in [0.1, 0.15) is 26.3 Å². The predicted molar refractivity (Wildman–Crippen MR) is 110 cm³/mol. The van der Waals surface area contributed by atoms with Gasteiger partial charge in [0.05, 0.1) is 0 Å². The van der Waals surface area contributed by atoms with Gasteiger partial charge in [0.15, 0.2) is 17.5 Å². The van der Waals surface area contributed by atoms with Crippen LogP contribution < -0.4 is 25.4 Å². The number of benzene rings is 1. The second kappa shape index (κ2) is 10.3. The van der Waals surface area contributed by atoms with Crippen molar-refractivity contribution in [1.82, 2.24) is 16.0 Å². The zero-order chi connectivity index (χ0) is 18.3. The molecule has 1 aliphatic rings. The lowest BCUT2D eigenvalue weighted by atomic mass is 10.2. The summed E-state index contributed by atoms with van der Waals surface area (Å²) in [6.45, 7) is 7.29. The Kier molecular flexibility index (Phi) is 8.76. The number of carbonyl (C=O) groups is 1. The monoisotopic (exact) mass is 478 g/mol. The van der Waals surface area contributed by atoms with Crippen LogP contribution in [-0.2, 0) is 11.3 Å². The van der Waals surface area contributed by atoms with E-state index in [-0.39, 0.29) is 30.8 Å². The largest absolute Gasteiger partial charge is 0.454 e. The number of alkyl carbamates (subject to hydrolysis) is 1. The molecule has 0 unspecified atom stereocenters. The van der Waals surface area contributed by atoms with E-state index in [9.17, 15) is 4.79 Å². The van der Waals surface area contributed by atoms with Gasteiger partial charge in [-0.3, -0.25) is 4.99 Å². The lowest BCUT2D eigenvalue weighted by Gasteiger charge is -2.20. The summed E-state index contributed by atoms with van der Waals surface area (Å²) in [6.07, 6.45) is -0.433. The van der Waals surface area contributed by atoms with Gasteiger partial charge in [0.1, 0.15) is 5.60 Å². The normalized spacial score (nSPS) is 12.8. The molecule has 1 aliphatic heterocycles. The molecule has 0 aliphatic carbocycles. The summed E-state index contributed by atoms with van der Waals surface area (Å²) in [6, 6.07) is 5.80. The number of carbonyl (C=O) groups excluding carboxylic acids is 1. The molecule has 1 aromatic carbocycles. The molecule has 0 atom stereocenters. The van der Waals surface area contributed by atoms with Gasteiger partial charge in [-0.1, -0.05) is 6.07 Å². The first-order valence-electron chi connectivity index (χ1n) is 8.17. The Morgan fingerprint density at radius 1 is 1.15 bits per heavy atom. The van der Waals surface area contributed by atoms with E-state index in [1.54, 1.807) is 7.05 Å². The van der Waals surface area contributed by atoms with Crippen molar-refractivity contribution in [3.8, 4) is 11.5 Å². The molecule has 0 aromatic heterocycles. The standard InChI is InChI=1S/C17H26N4O4.HI/c1-17(2,3)25-16(22)20-8-7-19-15(18-4)21-10-12-5-6-13-14(9-12)24-11-23-13;/h5-6,9H,7-8,10-11H2,1-4H3,(H,20,22)(H2,18,19,21);1H. The minimum absolute atomic E-state index is 0. The molecule has 1 heterocycles. The molecule has 0 bridgehead atoms. The fourth-order valence-corrected chi connectivity index (χ4v) is 2.12. The summed E-state index contributed by atoms with van der Waals surface area (Å²) >= 11 is 0. The van der Waals surface area contributed by atoms with Crippen molar-refractivity contribution in [3.63, 3.8) is 0 Å². The molecule has 9 heteroatoms. The smallest absolute Gasteiger partial charge is 0.407 e. The highest BCUT2D eigenvalue weighted by molar-refractivity contribution is 14.0. The number of rotatable bonds is 5. The highest BCUT2D eigenvalue weighted by Gasteiger charge is 2.15. The van der Waals surface area contributed by atoms with Gasteiger partial charge in [0.2, 0.25) is 6.79 Å². The molecule has 8 nitrogen and oxygen atoms in total. The zero-order valence-corrected chi connectivity index (χ0v) is 17.9. The van der Waals surface area contributed by atoms with Gasteiger partial charge >= 0.3 is 6.09 Å². The Morgan fingerprint density at radius 3 is 2.54 bits per heavy atom. The van der Waals surface area contributed by atoms with Crippen molar-refractivity contribution in [2.75, 3.05) is 26.9 Å². The van der Waals surface area contributed by atoms with Gasteiger partial charge in [-0.25, -0.2) is 4.79 Å². The third-order valence-corrected chi connectivity index (χ3v) is 3.21. The van der Waals surface area contributed by atoms with Crippen LogP contribution in [0, 0.1) is 0 Å². The maximum Gasteiger partial charge on any atom is 0.407 e. The summed E-state index contributed by atoms with van der Waals surface area (Å²) in [5.74, 6) is 2.16. The SMILES string of the molecule is CN=C(NCCNC(=O)OC(C)(C)C)NCc1ccc2c(c1)OCO2.I. The van der Waals surface area contributed by atoms with E-state index in [1.165, 1.54) is 0 Å². The summed E-state index contributed by atoms with van der Waals surface area (Å²) in [4.78, 5) is 15.7. The summed E-state index contributed by atoms with van der Waals surface area (Å²) in [5.41, 5.74) is 0.554. The van der Waals surface area contributed by atoms with E-state index in [0.29, 0.717) is 25.6 Å². The number of nitrogens with one attached hydrogen (secondary N) is 3. The Morgan fingerprint density at radius 2 is 1.85 bits per heavy atom. The van der Waals surface area contributed by atoms with Crippen LogP contribution in [0.25, 0.3) is 0 Å². The van der Waals surface area contributed by atoms with Gasteiger partial charge in [0, 0.05) is 26.7 Å². The van der Waals surface area contributed by atoms with Crippen LogP contribution in [0.15, 0.2) is 23.2 Å². The molecular formula is C17H27IN4O4. The Balaban J connectivity index is 0.00000338. The highest BCUT2D eigenvalue weighted by atomic mass is 127. The Bertz CT molecular complexity index is 632. The topological polar surface area (TPSA) is 93.2 Å². The molecule has 26 heavy (non-hydrogen) atoms. The average Bonchev–Trinajstić information content (AvgIpc) is 3.00. The first-order chi connectivity index (χ1) is 11.9. The summed E-state index contributed by atoms with van der Waals surface area (Å²) in [5, 5.41) is 9.01.